The first-order valence-corrected chi connectivity index (χ1v) is 7.20. The Morgan fingerprint density at radius 3 is 1.12 bits per heavy atom. The third kappa shape index (κ3) is 25.5. The van der Waals surface area contributed by atoms with Crippen LogP contribution in [0.3, 0.4) is 0 Å². The predicted octanol–water partition coefficient (Wildman–Crippen LogP) is 6.22. The van der Waals surface area contributed by atoms with Crippen LogP contribution in [0.4, 0.5) is 0 Å². The fourth-order valence-corrected chi connectivity index (χ4v) is 1.63. The molecular weight excluding hydrogens is 208 g/mol. The van der Waals surface area contributed by atoms with E-state index in [1.165, 1.54) is 76.7 Å². The van der Waals surface area contributed by atoms with Gasteiger partial charge in [-0.15, -0.1) is 0 Å². The van der Waals surface area contributed by atoms with E-state index in [4.69, 9.17) is 0 Å². The Morgan fingerprint density at radius 1 is 0.647 bits per heavy atom. The van der Waals surface area contributed by atoms with Gasteiger partial charge in [0, 0.05) is 0 Å². The lowest BCUT2D eigenvalue weighted by Gasteiger charge is -1.99. The van der Waals surface area contributed by atoms with E-state index in [1.807, 2.05) is 0 Å². The van der Waals surface area contributed by atoms with Gasteiger partial charge in [0.1, 0.15) is 0 Å². The van der Waals surface area contributed by atoms with Crippen molar-refractivity contribution in [3.63, 3.8) is 0 Å². The maximum Gasteiger partial charge on any atom is 0.0829 e. The zero-order valence-corrected chi connectivity index (χ0v) is 12.0. The van der Waals surface area contributed by atoms with E-state index in [-0.39, 0.29) is 0 Å². The van der Waals surface area contributed by atoms with E-state index in [0.29, 0.717) is 0 Å². The first kappa shape index (κ1) is 18.6. The van der Waals surface area contributed by atoms with E-state index < -0.39 is 0 Å². The van der Waals surface area contributed by atoms with Crippen molar-refractivity contribution in [1.82, 2.24) is 0 Å². The summed E-state index contributed by atoms with van der Waals surface area (Å²) in [7, 11) is 0. The van der Waals surface area contributed by atoms with Gasteiger partial charge in [-0.25, -0.2) is 0 Å². The molecule has 0 fully saturated rings. The molecule has 0 aromatic carbocycles. The van der Waals surface area contributed by atoms with Gasteiger partial charge in [-0.2, -0.15) is 0 Å². The maximum atomic E-state index is 4.36. The lowest BCUT2D eigenvalue weighted by molar-refractivity contribution is 0.406. The molecule has 0 rings (SSSR count). The van der Waals surface area contributed by atoms with Gasteiger partial charge in [-0.1, -0.05) is 91.2 Å². The van der Waals surface area contributed by atoms with Crippen molar-refractivity contribution in [1.29, 1.82) is 0 Å². The van der Waals surface area contributed by atoms with Crippen molar-refractivity contribution < 1.29 is 4.74 Å². The summed E-state index contributed by atoms with van der Waals surface area (Å²) in [5.74, 6) is 0. The molecule has 0 aliphatic rings. The Kier molecular flexibility index (Phi) is 22.7. The van der Waals surface area contributed by atoms with Gasteiger partial charge in [0.05, 0.1) is 12.5 Å². The smallest absolute Gasteiger partial charge is 0.0829 e. The van der Waals surface area contributed by atoms with Gasteiger partial charge in [-0.3, -0.25) is 0 Å². The molecule has 0 saturated carbocycles. The summed E-state index contributed by atoms with van der Waals surface area (Å²) >= 11 is 0. The average Bonchev–Trinajstić information content (AvgIpc) is 2.34. The molecule has 0 amide bonds. The van der Waals surface area contributed by atoms with Crippen molar-refractivity contribution >= 4 is 0 Å². The molecule has 0 radical (unpaired) electrons. The average molecular weight is 240 g/mol. The predicted molar refractivity (Wildman–Crippen MR) is 79.0 cm³/mol. The Labute approximate surface area is 109 Å². The fourth-order valence-electron chi connectivity index (χ4n) is 1.63. The number of unbranched alkanes of at least 4 members (excludes halogenated alkanes) is 9. The van der Waals surface area contributed by atoms with Crippen molar-refractivity contribution in [2.24, 2.45) is 0 Å². The molecule has 17 heavy (non-hydrogen) atoms. The van der Waals surface area contributed by atoms with E-state index >= 15 is 0 Å². The molecule has 0 aromatic heterocycles. The molecule has 0 atom stereocenters. The summed E-state index contributed by atoms with van der Waals surface area (Å²) in [6, 6.07) is 0. The second-order valence-corrected chi connectivity index (χ2v) is 4.30. The van der Waals surface area contributed by atoms with Crippen LogP contribution in [-0.2, 0) is 4.74 Å². The molecule has 102 valence electrons. The summed E-state index contributed by atoms with van der Waals surface area (Å²) in [6.07, 6.45) is 17.1. The van der Waals surface area contributed by atoms with Gasteiger partial charge < -0.3 is 4.74 Å². The molecule has 0 aliphatic carbocycles. The zero-order valence-electron chi connectivity index (χ0n) is 12.0. The molecule has 1 nitrogen and oxygen atoms in total. The van der Waals surface area contributed by atoms with Gasteiger partial charge >= 0.3 is 0 Å². The Bertz CT molecular complexity index is 124. The third-order valence-electron chi connectivity index (χ3n) is 2.65. The van der Waals surface area contributed by atoms with E-state index in [1.54, 1.807) is 0 Å². The molecule has 0 heterocycles. The topological polar surface area (TPSA) is 9.23 Å². The monoisotopic (exact) mass is 240 g/mol. The van der Waals surface area contributed by atoms with Gasteiger partial charge in [-0.05, 0) is 0 Å². The highest BCUT2D eigenvalue weighted by molar-refractivity contribution is 4.57. The van der Waals surface area contributed by atoms with Crippen molar-refractivity contribution in [3.05, 3.63) is 25.7 Å². The molecule has 0 saturated heterocycles. The van der Waals surface area contributed by atoms with Crippen LogP contribution < -0.4 is 0 Å². The number of hydrogen-bond acceptors (Lipinski definition) is 1. The molecule has 0 spiro atoms. The number of rotatable bonds is 11. The second kappa shape index (κ2) is 20.7. The first-order valence-electron chi connectivity index (χ1n) is 7.20. The molecule has 0 N–H and O–H groups in total. The highest BCUT2D eigenvalue weighted by atomic mass is 16.5. The van der Waals surface area contributed by atoms with E-state index in [2.05, 4.69) is 31.7 Å². The zero-order chi connectivity index (χ0) is 13.2. The standard InChI is InChI=1S/C12H26.C4H6O/c1-3-5-7-9-11-12-10-8-6-4-2;1-3-5-4-2/h3-12H2,1-2H3;3-4H,1-2H2. The van der Waals surface area contributed by atoms with Gasteiger partial charge in [0.15, 0.2) is 0 Å². The van der Waals surface area contributed by atoms with Crippen LogP contribution in [0.2, 0.25) is 0 Å². The van der Waals surface area contributed by atoms with E-state index in [0.717, 1.165) is 0 Å². The molecule has 0 bridgehead atoms. The van der Waals surface area contributed by atoms with Crippen LogP contribution in [0.15, 0.2) is 25.7 Å². The van der Waals surface area contributed by atoms with Gasteiger partial charge in [0.2, 0.25) is 0 Å². The molecule has 0 unspecified atom stereocenters. The molecule has 0 aliphatic heterocycles. The van der Waals surface area contributed by atoms with Crippen LogP contribution in [-0.4, -0.2) is 0 Å². The van der Waals surface area contributed by atoms with Crippen LogP contribution in [0.25, 0.3) is 0 Å². The number of ether oxygens (including phenoxy) is 1. The largest absolute Gasteiger partial charge is 0.474 e. The SMILES string of the molecule is C=COC=C.CCCCCCCCCCCC. The lowest BCUT2D eigenvalue weighted by Crippen LogP contribution is -1.80. The summed E-state index contributed by atoms with van der Waals surface area (Å²) in [5, 5.41) is 0. The normalized spacial score (nSPS) is 9.06. The first-order chi connectivity index (χ1) is 8.33. The maximum absolute atomic E-state index is 4.36. The minimum absolute atomic E-state index is 1.31. The lowest BCUT2D eigenvalue weighted by atomic mass is 10.1. The fraction of sp³-hybridized carbons (Fsp3) is 0.750. The Hall–Kier alpha value is -0.720. The minimum Gasteiger partial charge on any atom is -0.474 e. The Balaban J connectivity index is 0. The van der Waals surface area contributed by atoms with Crippen molar-refractivity contribution in [2.75, 3.05) is 0 Å². The van der Waals surface area contributed by atoms with Crippen LogP contribution in [0, 0.1) is 0 Å². The summed E-state index contributed by atoms with van der Waals surface area (Å²) in [5.41, 5.74) is 0. The van der Waals surface area contributed by atoms with Crippen molar-refractivity contribution in [3.8, 4) is 0 Å². The molecular formula is C16H32O. The summed E-state index contributed by atoms with van der Waals surface area (Å²) in [6.45, 7) is 11.1. The third-order valence-corrected chi connectivity index (χ3v) is 2.65. The quantitative estimate of drug-likeness (QED) is 0.308. The Morgan fingerprint density at radius 2 is 0.941 bits per heavy atom. The molecule has 0 aromatic rings. The van der Waals surface area contributed by atoms with Crippen LogP contribution >= 0.6 is 0 Å². The van der Waals surface area contributed by atoms with Crippen molar-refractivity contribution in [2.45, 2.75) is 78.1 Å². The molecule has 1 heteroatoms. The van der Waals surface area contributed by atoms with Gasteiger partial charge in [0.25, 0.3) is 0 Å². The highest BCUT2D eigenvalue weighted by Gasteiger charge is 1.90. The minimum atomic E-state index is 1.31. The second-order valence-electron chi connectivity index (χ2n) is 4.30. The summed E-state index contributed by atoms with van der Waals surface area (Å²) in [4.78, 5) is 0. The van der Waals surface area contributed by atoms with Crippen LogP contribution in [0.1, 0.15) is 78.1 Å². The van der Waals surface area contributed by atoms with Crippen LogP contribution in [0.5, 0.6) is 0 Å². The highest BCUT2D eigenvalue weighted by Crippen LogP contribution is 2.09. The summed E-state index contributed by atoms with van der Waals surface area (Å²) < 4.78 is 4.36. The van der Waals surface area contributed by atoms with E-state index in [9.17, 15) is 0 Å². The number of hydrogen-bond donors (Lipinski definition) is 0.